The fourth-order valence-corrected chi connectivity index (χ4v) is 3.98. The molecule has 2 aromatic rings. The Morgan fingerprint density at radius 3 is 3.08 bits per heavy atom. The van der Waals surface area contributed by atoms with Gasteiger partial charge in [0.15, 0.2) is 0 Å². The number of carbonyl (C=O) groups is 1. The Bertz CT molecular complexity index is 864. The molecule has 7 nitrogen and oxygen atoms in total. The first-order valence-electron chi connectivity index (χ1n) is 9.15. The van der Waals surface area contributed by atoms with Crippen LogP contribution in [0.2, 0.25) is 0 Å². The van der Waals surface area contributed by atoms with Crippen molar-refractivity contribution in [2.75, 3.05) is 13.1 Å². The highest BCUT2D eigenvalue weighted by molar-refractivity contribution is 5.77. The molecule has 2 atom stereocenters. The van der Waals surface area contributed by atoms with E-state index in [1.807, 2.05) is 17.9 Å². The lowest BCUT2D eigenvalue weighted by atomic mass is 10.0. The largest absolute Gasteiger partial charge is 0.338 e. The van der Waals surface area contributed by atoms with Crippen LogP contribution >= 0.6 is 0 Å². The Morgan fingerprint density at radius 1 is 1.42 bits per heavy atom. The number of likely N-dealkylation sites (tertiary alicyclic amines) is 1. The second-order valence-corrected chi connectivity index (χ2v) is 7.09. The molecule has 0 radical (unpaired) electrons. The number of hydrogen-bond acceptors (Lipinski definition) is 5. The van der Waals surface area contributed by atoms with Gasteiger partial charge in [-0.05, 0) is 38.3 Å². The zero-order valence-corrected chi connectivity index (χ0v) is 14.9. The van der Waals surface area contributed by atoms with Crippen LogP contribution in [0.15, 0.2) is 29.3 Å². The van der Waals surface area contributed by atoms with Gasteiger partial charge in [0, 0.05) is 60.8 Å². The number of nitrogens with one attached hydrogen (secondary N) is 2. The predicted molar refractivity (Wildman–Crippen MR) is 97.7 cm³/mol. The van der Waals surface area contributed by atoms with E-state index in [1.165, 1.54) is 0 Å². The lowest BCUT2D eigenvalue weighted by Gasteiger charge is -2.32. The molecule has 2 saturated heterocycles. The van der Waals surface area contributed by atoms with Gasteiger partial charge in [-0.1, -0.05) is 0 Å². The Kier molecular flexibility index (Phi) is 4.55. The maximum Gasteiger partial charge on any atom is 0.254 e. The minimum atomic E-state index is -0.176. The van der Waals surface area contributed by atoms with Gasteiger partial charge < -0.3 is 15.2 Å². The molecule has 0 aliphatic carbocycles. The molecule has 0 saturated carbocycles. The maximum absolute atomic E-state index is 12.6. The van der Waals surface area contributed by atoms with Crippen LogP contribution in [-0.2, 0) is 11.2 Å². The van der Waals surface area contributed by atoms with E-state index >= 15 is 0 Å². The molecular weight excluding hydrogens is 330 g/mol. The summed E-state index contributed by atoms with van der Waals surface area (Å²) in [7, 11) is 0. The molecule has 26 heavy (non-hydrogen) atoms. The van der Waals surface area contributed by atoms with Crippen LogP contribution < -0.4 is 10.9 Å². The first-order chi connectivity index (χ1) is 12.6. The lowest BCUT2D eigenvalue weighted by Crippen LogP contribution is -2.44. The van der Waals surface area contributed by atoms with E-state index in [0.29, 0.717) is 42.0 Å². The highest BCUT2D eigenvalue weighted by Crippen LogP contribution is 2.23. The number of hydrogen-bond donors (Lipinski definition) is 2. The molecule has 1 amide bonds. The van der Waals surface area contributed by atoms with Crippen molar-refractivity contribution in [3.8, 4) is 11.4 Å². The number of fused-ring (bicyclic) bond motifs is 2. The zero-order chi connectivity index (χ0) is 18.1. The molecule has 0 spiro atoms. The minimum absolute atomic E-state index is 0.132. The summed E-state index contributed by atoms with van der Waals surface area (Å²) < 4.78 is 0. The molecule has 2 unspecified atom stereocenters. The number of nitrogens with zero attached hydrogens (tertiary/aromatic N) is 3. The van der Waals surface area contributed by atoms with Crippen molar-refractivity contribution in [2.45, 2.75) is 44.7 Å². The average Bonchev–Trinajstić information content (AvgIpc) is 3.02. The summed E-state index contributed by atoms with van der Waals surface area (Å²) in [6.07, 6.45) is 6.17. The van der Waals surface area contributed by atoms with Gasteiger partial charge in [0.05, 0.1) is 0 Å². The molecular formula is C19H23N5O2. The second kappa shape index (κ2) is 6.99. The average molecular weight is 353 g/mol. The van der Waals surface area contributed by atoms with Gasteiger partial charge in [-0.2, -0.15) is 0 Å². The van der Waals surface area contributed by atoms with Crippen molar-refractivity contribution >= 4 is 5.91 Å². The fourth-order valence-electron chi connectivity index (χ4n) is 3.98. The molecule has 2 aliphatic heterocycles. The number of amides is 1. The van der Waals surface area contributed by atoms with Crippen molar-refractivity contribution in [1.29, 1.82) is 0 Å². The minimum Gasteiger partial charge on any atom is -0.338 e. The van der Waals surface area contributed by atoms with Crippen molar-refractivity contribution in [3.05, 3.63) is 46.1 Å². The Balaban J connectivity index is 1.46. The van der Waals surface area contributed by atoms with Crippen molar-refractivity contribution in [1.82, 2.24) is 25.2 Å². The highest BCUT2D eigenvalue weighted by Gasteiger charge is 2.35. The van der Waals surface area contributed by atoms with Crippen LogP contribution in [0.3, 0.4) is 0 Å². The van der Waals surface area contributed by atoms with Gasteiger partial charge >= 0.3 is 0 Å². The lowest BCUT2D eigenvalue weighted by molar-refractivity contribution is -0.133. The molecule has 2 fully saturated rings. The monoisotopic (exact) mass is 353 g/mol. The quantitative estimate of drug-likeness (QED) is 0.857. The van der Waals surface area contributed by atoms with Crippen LogP contribution in [0, 0.1) is 6.92 Å². The molecule has 136 valence electrons. The normalized spacial score (nSPS) is 21.8. The van der Waals surface area contributed by atoms with Crippen molar-refractivity contribution < 1.29 is 4.79 Å². The third-order valence-corrected chi connectivity index (χ3v) is 5.42. The van der Waals surface area contributed by atoms with Crippen molar-refractivity contribution in [3.63, 3.8) is 0 Å². The number of aromatic nitrogens is 3. The van der Waals surface area contributed by atoms with Gasteiger partial charge in [-0.3, -0.25) is 14.6 Å². The number of H-pyrrole nitrogens is 1. The van der Waals surface area contributed by atoms with Crippen LogP contribution in [0.1, 0.15) is 30.5 Å². The molecule has 0 aromatic carbocycles. The Morgan fingerprint density at radius 2 is 2.31 bits per heavy atom. The summed E-state index contributed by atoms with van der Waals surface area (Å²) in [5, 5.41) is 3.45. The van der Waals surface area contributed by atoms with Gasteiger partial charge in [0.25, 0.3) is 5.56 Å². The topological polar surface area (TPSA) is 91.0 Å². The fraction of sp³-hybridized carbons (Fsp3) is 0.474. The number of rotatable bonds is 4. The highest BCUT2D eigenvalue weighted by atomic mass is 16.2. The summed E-state index contributed by atoms with van der Waals surface area (Å²) >= 11 is 0. The number of aromatic amines is 1. The standard InChI is InChI=1S/C19H23N5O2/c1-12-16(19(26)23-18(22-12)13-3-2-7-20-10-13)4-5-17(25)24-8-6-14-9-15(24)11-21-14/h2-3,7,10,14-15,21H,4-6,8-9,11H2,1H3,(H,22,23,26). The van der Waals surface area contributed by atoms with Gasteiger partial charge in [0.2, 0.25) is 5.91 Å². The molecule has 4 rings (SSSR count). The van der Waals surface area contributed by atoms with E-state index in [9.17, 15) is 9.59 Å². The first-order valence-corrected chi connectivity index (χ1v) is 9.15. The van der Waals surface area contributed by atoms with Crippen LogP contribution in [0.25, 0.3) is 11.4 Å². The second-order valence-electron chi connectivity index (χ2n) is 7.09. The molecule has 4 heterocycles. The van der Waals surface area contributed by atoms with Crippen LogP contribution in [-0.4, -0.2) is 50.9 Å². The maximum atomic E-state index is 12.6. The zero-order valence-electron chi connectivity index (χ0n) is 14.9. The SMILES string of the molecule is Cc1nc(-c2cccnc2)[nH]c(=O)c1CCC(=O)N1CCC2CC1CN2. The van der Waals surface area contributed by atoms with Crippen LogP contribution in [0.4, 0.5) is 0 Å². The smallest absolute Gasteiger partial charge is 0.254 e. The summed E-state index contributed by atoms with van der Waals surface area (Å²) in [6, 6.07) is 4.54. The summed E-state index contributed by atoms with van der Waals surface area (Å²) in [5.74, 6) is 0.641. The summed E-state index contributed by atoms with van der Waals surface area (Å²) in [5.41, 5.74) is 1.85. The van der Waals surface area contributed by atoms with E-state index in [4.69, 9.17) is 0 Å². The van der Waals surface area contributed by atoms with E-state index in [2.05, 4.69) is 20.3 Å². The molecule has 2 bridgehead atoms. The Hall–Kier alpha value is -2.54. The van der Waals surface area contributed by atoms with E-state index in [-0.39, 0.29) is 11.5 Å². The summed E-state index contributed by atoms with van der Waals surface area (Å²) in [4.78, 5) is 38.5. The number of aryl methyl sites for hydroxylation is 1. The van der Waals surface area contributed by atoms with E-state index < -0.39 is 0 Å². The first kappa shape index (κ1) is 16.9. The van der Waals surface area contributed by atoms with Gasteiger partial charge in [0.1, 0.15) is 5.82 Å². The molecule has 7 heteroatoms. The summed E-state index contributed by atoms with van der Waals surface area (Å²) in [6.45, 7) is 3.52. The van der Waals surface area contributed by atoms with Gasteiger partial charge in [-0.25, -0.2) is 4.98 Å². The third kappa shape index (κ3) is 3.26. The van der Waals surface area contributed by atoms with E-state index in [0.717, 1.165) is 31.5 Å². The number of pyridine rings is 1. The molecule has 2 aromatic heterocycles. The Labute approximate surface area is 151 Å². The molecule has 2 N–H and O–H groups in total. The number of carbonyl (C=O) groups excluding carboxylic acids is 1. The van der Waals surface area contributed by atoms with Crippen molar-refractivity contribution in [2.24, 2.45) is 0 Å². The third-order valence-electron chi connectivity index (χ3n) is 5.42. The van der Waals surface area contributed by atoms with Gasteiger partial charge in [-0.15, -0.1) is 0 Å². The van der Waals surface area contributed by atoms with Crippen LogP contribution in [0.5, 0.6) is 0 Å². The number of piperidine rings is 1. The molecule has 2 aliphatic rings. The predicted octanol–water partition coefficient (Wildman–Crippen LogP) is 1.04. The van der Waals surface area contributed by atoms with E-state index in [1.54, 1.807) is 18.5 Å².